The summed E-state index contributed by atoms with van der Waals surface area (Å²) in [6, 6.07) is 0. The maximum atomic E-state index is 12.4. The van der Waals surface area contributed by atoms with E-state index in [1.54, 1.807) is 0 Å². The van der Waals surface area contributed by atoms with Gasteiger partial charge >= 0.3 is 5.97 Å². The molecule has 0 bridgehead atoms. The van der Waals surface area contributed by atoms with Crippen molar-refractivity contribution in [3.63, 3.8) is 0 Å². The number of hydrogen-bond donors (Lipinski definition) is 1. The summed E-state index contributed by atoms with van der Waals surface area (Å²) in [4.78, 5) is 59.0. The van der Waals surface area contributed by atoms with Gasteiger partial charge in [0.15, 0.2) is 0 Å². The lowest BCUT2D eigenvalue weighted by molar-refractivity contribution is -0.147. The van der Waals surface area contributed by atoms with Gasteiger partial charge in [0.2, 0.25) is 11.8 Å². The summed E-state index contributed by atoms with van der Waals surface area (Å²) in [6.45, 7) is 3.64. The van der Waals surface area contributed by atoms with Crippen LogP contribution in [0, 0.1) is 25.7 Å². The van der Waals surface area contributed by atoms with Gasteiger partial charge in [0.1, 0.15) is 17.3 Å². The average molecular weight is 415 g/mol. The van der Waals surface area contributed by atoms with Crippen molar-refractivity contribution in [3.05, 3.63) is 38.8 Å². The molecule has 1 saturated heterocycles. The zero-order valence-corrected chi connectivity index (χ0v) is 17.0. The highest BCUT2D eigenvalue weighted by molar-refractivity contribution is 7.18. The van der Waals surface area contributed by atoms with Gasteiger partial charge in [0.25, 0.3) is 5.56 Å². The van der Waals surface area contributed by atoms with E-state index in [4.69, 9.17) is 4.74 Å². The highest BCUT2D eigenvalue weighted by Crippen LogP contribution is 2.35. The van der Waals surface area contributed by atoms with Crippen molar-refractivity contribution in [1.29, 1.82) is 0 Å². The first-order valence-corrected chi connectivity index (χ1v) is 10.3. The third-order valence-electron chi connectivity index (χ3n) is 5.60. The monoisotopic (exact) mass is 415 g/mol. The number of allylic oxidation sites excluding steroid dienone is 2. The number of imide groups is 1. The number of rotatable bonds is 5. The quantitative estimate of drug-likeness (QED) is 0.454. The van der Waals surface area contributed by atoms with Crippen LogP contribution < -0.4 is 5.56 Å². The predicted molar refractivity (Wildman–Crippen MR) is 106 cm³/mol. The van der Waals surface area contributed by atoms with Crippen LogP contribution in [0.25, 0.3) is 10.2 Å². The Labute approximate surface area is 170 Å². The number of hydrogen-bond acceptors (Lipinski definition) is 7. The number of H-pyrrole nitrogens is 1. The third-order valence-corrected chi connectivity index (χ3v) is 6.70. The van der Waals surface area contributed by atoms with Gasteiger partial charge < -0.3 is 9.72 Å². The molecule has 0 spiro atoms. The minimum absolute atomic E-state index is 0.00972. The van der Waals surface area contributed by atoms with E-state index in [0.29, 0.717) is 23.1 Å². The lowest BCUT2D eigenvalue weighted by atomic mass is 9.85. The van der Waals surface area contributed by atoms with Crippen molar-refractivity contribution in [1.82, 2.24) is 14.9 Å². The fraction of sp³-hybridized carbons (Fsp3) is 0.450. The van der Waals surface area contributed by atoms with Crippen LogP contribution in [-0.4, -0.2) is 39.2 Å². The van der Waals surface area contributed by atoms with Gasteiger partial charge in [-0.3, -0.25) is 24.1 Å². The van der Waals surface area contributed by atoms with Crippen molar-refractivity contribution >= 4 is 39.3 Å². The average Bonchev–Trinajstić information content (AvgIpc) is 3.12. The van der Waals surface area contributed by atoms with Crippen molar-refractivity contribution in [2.75, 3.05) is 6.54 Å². The first kappa shape index (κ1) is 19.5. The molecule has 0 radical (unpaired) electrons. The van der Waals surface area contributed by atoms with E-state index in [1.807, 2.05) is 26.0 Å². The Morgan fingerprint density at radius 3 is 2.52 bits per heavy atom. The van der Waals surface area contributed by atoms with Gasteiger partial charge in [-0.15, -0.1) is 11.3 Å². The van der Waals surface area contributed by atoms with Crippen molar-refractivity contribution in [2.24, 2.45) is 11.8 Å². The number of aromatic nitrogens is 2. The molecule has 0 unspecified atom stereocenters. The Balaban J connectivity index is 1.35. The number of carbonyl (C=O) groups is 3. The lowest BCUT2D eigenvalue weighted by Crippen LogP contribution is -2.33. The number of aryl methyl sites for hydroxylation is 2. The van der Waals surface area contributed by atoms with Crippen molar-refractivity contribution in [2.45, 2.75) is 39.7 Å². The van der Waals surface area contributed by atoms with E-state index in [9.17, 15) is 19.2 Å². The molecule has 2 amide bonds. The predicted octanol–water partition coefficient (Wildman–Crippen LogP) is 1.99. The fourth-order valence-electron chi connectivity index (χ4n) is 3.88. The minimum Gasteiger partial charge on any atom is -0.457 e. The van der Waals surface area contributed by atoms with Crippen LogP contribution in [0.15, 0.2) is 16.9 Å². The second kappa shape index (κ2) is 7.55. The summed E-state index contributed by atoms with van der Waals surface area (Å²) in [5, 5.41) is 0.560. The first-order valence-electron chi connectivity index (χ1n) is 9.51. The Kier molecular flexibility index (Phi) is 5.08. The number of fused-ring (bicyclic) bond motifs is 2. The molecular weight excluding hydrogens is 394 g/mol. The molecule has 1 N–H and O–H groups in total. The van der Waals surface area contributed by atoms with Crippen LogP contribution in [0.3, 0.4) is 0 Å². The van der Waals surface area contributed by atoms with Crippen molar-refractivity contribution in [3.8, 4) is 0 Å². The number of carbonyl (C=O) groups excluding carboxylic acids is 3. The van der Waals surface area contributed by atoms with E-state index >= 15 is 0 Å². The van der Waals surface area contributed by atoms with Gasteiger partial charge in [0, 0.05) is 11.4 Å². The molecule has 0 saturated carbocycles. The number of nitrogens with one attached hydrogen (secondary N) is 1. The molecule has 1 fully saturated rings. The highest BCUT2D eigenvalue weighted by Gasteiger charge is 2.46. The molecule has 1 aliphatic carbocycles. The molecule has 3 heterocycles. The van der Waals surface area contributed by atoms with Crippen LogP contribution in [0.4, 0.5) is 0 Å². The van der Waals surface area contributed by atoms with E-state index < -0.39 is 5.97 Å². The Hall–Kier alpha value is -2.81. The second-order valence-corrected chi connectivity index (χ2v) is 8.57. The molecule has 2 atom stereocenters. The van der Waals surface area contributed by atoms with Crippen molar-refractivity contribution < 1.29 is 19.1 Å². The van der Waals surface area contributed by atoms with Gasteiger partial charge in [-0.25, -0.2) is 4.98 Å². The molecule has 4 rings (SSSR count). The maximum Gasteiger partial charge on any atom is 0.308 e. The van der Waals surface area contributed by atoms with Gasteiger partial charge in [-0.1, -0.05) is 12.2 Å². The fourth-order valence-corrected chi connectivity index (χ4v) is 4.93. The van der Waals surface area contributed by atoms with Crippen LogP contribution in [0.2, 0.25) is 0 Å². The largest absolute Gasteiger partial charge is 0.457 e. The normalized spacial score (nSPS) is 21.1. The molecule has 29 heavy (non-hydrogen) atoms. The molecule has 2 aromatic heterocycles. The molecule has 8 nitrogen and oxygen atoms in total. The smallest absolute Gasteiger partial charge is 0.308 e. The SMILES string of the molecule is Cc1sc2nc(COC(=O)CCN3C(=O)[C@@H]4CC=CC[C@H]4C3=O)[nH]c(=O)c2c1C. The maximum absolute atomic E-state index is 12.4. The molecule has 9 heteroatoms. The molecule has 152 valence electrons. The molecule has 0 aromatic carbocycles. The molecule has 2 aliphatic rings. The summed E-state index contributed by atoms with van der Waals surface area (Å²) >= 11 is 1.42. The Bertz CT molecular complexity index is 1070. The van der Waals surface area contributed by atoms with E-state index in [1.165, 1.54) is 16.2 Å². The number of thiophene rings is 1. The Morgan fingerprint density at radius 1 is 1.21 bits per heavy atom. The van der Waals surface area contributed by atoms with Gasteiger partial charge in [0.05, 0.1) is 23.6 Å². The number of likely N-dealkylation sites (tertiary alicyclic amines) is 1. The zero-order valence-electron chi connectivity index (χ0n) is 16.2. The van der Waals surface area contributed by atoms with Gasteiger partial charge in [-0.2, -0.15) is 0 Å². The highest BCUT2D eigenvalue weighted by atomic mass is 32.1. The molecule has 2 aromatic rings. The Morgan fingerprint density at radius 2 is 1.86 bits per heavy atom. The minimum atomic E-state index is -0.556. The summed E-state index contributed by atoms with van der Waals surface area (Å²) in [5.41, 5.74) is 0.644. The third kappa shape index (κ3) is 3.50. The van der Waals surface area contributed by atoms with Crippen LogP contribution in [0.1, 0.15) is 35.5 Å². The van der Waals surface area contributed by atoms with E-state index in [-0.39, 0.29) is 54.6 Å². The van der Waals surface area contributed by atoms with Crippen LogP contribution in [-0.2, 0) is 25.7 Å². The number of ether oxygens (including phenoxy) is 1. The first-order chi connectivity index (χ1) is 13.9. The van der Waals surface area contributed by atoms with Crippen LogP contribution in [0.5, 0.6) is 0 Å². The summed E-state index contributed by atoms with van der Waals surface area (Å²) in [5.74, 6) is -1.32. The number of aromatic amines is 1. The molecule has 1 aliphatic heterocycles. The van der Waals surface area contributed by atoms with E-state index in [0.717, 1.165) is 10.4 Å². The zero-order chi connectivity index (χ0) is 20.7. The molecular formula is C20H21N3O5S. The second-order valence-electron chi connectivity index (χ2n) is 7.37. The number of esters is 1. The van der Waals surface area contributed by atoms with Gasteiger partial charge in [-0.05, 0) is 32.3 Å². The van der Waals surface area contributed by atoms with Crippen LogP contribution >= 0.6 is 11.3 Å². The number of amides is 2. The number of nitrogens with zero attached hydrogens (tertiary/aromatic N) is 2. The topological polar surface area (TPSA) is 109 Å². The van der Waals surface area contributed by atoms with E-state index in [2.05, 4.69) is 9.97 Å². The summed E-state index contributed by atoms with van der Waals surface area (Å²) < 4.78 is 5.19. The standard InChI is InChI=1S/C20H21N3O5S/c1-10-11(2)29-18-16(10)17(25)21-14(22-18)9-28-15(24)7-8-23-19(26)12-5-3-4-6-13(12)20(23)27/h3-4,12-13H,5-9H2,1-2H3,(H,21,22,25)/t12-,13-/m1/s1. The lowest BCUT2D eigenvalue weighted by Gasteiger charge is -2.14. The summed E-state index contributed by atoms with van der Waals surface area (Å²) in [7, 11) is 0. The summed E-state index contributed by atoms with van der Waals surface area (Å²) in [6.07, 6.45) is 4.89.